The van der Waals surface area contributed by atoms with Gasteiger partial charge in [0, 0.05) is 38.2 Å². The van der Waals surface area contributed by atoms with Crippen LogP contribution in [-0.2, 0) is 26.1 Å². The van der Waals surface area contributed by atoms with Crippen LogP contribution >= 0.6 is 0 Å². The van der Waals surface area contributed by atoms with Crippen molar-refractivity contribution in [1.29, 1.82) is 0 Å². The van der Waals surface area contributed by atoms with Crippen LogP contribution < -0.4 is 5.73 Å². The predicted molar refractivity (Wildman–Crippen MR) is 139 cm³/mol. The summed E-state index contributed by atoms with van der Waals surface area (Å²) in [7, 11) is -2.42. The van der Waals surface area contributed by atoms with E-state index in [-0.39, 0.29) is 53.2 Å². The first-order valence-electron chi connectivity index (χ1n) is 12.6. The zero-order chi connectivity index (χ0) is 29.1. The van der Waals surface area contributed by atoms with Crippen LogP contribution in [-0.4, -0.2) is 66.3 Å². The monoisotopic (exact) mass is 569 g/mol. The molecule has 2 aliphatic heterocycles. The highest BCUT2D eigenvalue weighted by molar-refractivity contribution is 7.85. The molecule has 0 radical (unpaired) electrons. The smallest absolute Gasteiger partial charge is 0.294 e. The van der Waals surface area contributed by atoms with Crippen LogP contribution in [0.5, 0.6) is 0 Å². The van der Waals surface area contributed by atoms with E-state index in [0.29, 0.717) is 18.9 Å². The molecule has 2 heterocycles. The Morgan fingerprint density at radius 2 is 1.59 bits per heavy atom. The van der Waals surface area contributed by atoms with E-state index in [1.807, 2.05) is 11.8 Å². The third-order valence-electron chi connectivity index (χ3n) is 7.44. The number of halogens is 3. The number of hydrogen-bond acceptors (Lipinski definition) is 5. The van der Waals surface area contributed by atoms with Gasteiger partial charge in [0.1, 0.15) is 5.82 Å². The number of benzene rings is 2. The van der Waals surface area contributed by atoms with Crippen LogP contribution in [0.4, 0.5) is 13.2 Å². The van der Waals surface area contributed by atoms with Gasteiger partial charge in [0.15, 0.2) is 11.6 Å². The maximum atomic E-state index is 13.9. The lowest BCUT2D eigenvalue weighted by atomic mass is 9.82. The van der Waals surface area contributed by atoms with Crippen molar-refractivity contribution in [3.63, 3.8) is 0 Å². The molecular formula is C27H34F3N3O5S. The summed E-state index contributed by atoms with van der Waals surface area (Å²) in [6.45, 7) is 3.32. The van der Waals surface area contributed by atoms with E-state index in [0.717, 1.165) is 24.5 Å². The van der Waals surface area contributed by atoms with Crippen LogP contribution in [0, 0.1) is 30.3 Å². The lowest BCUT2D eigenvalue weighted by Crippen LogP contribution is -2.52. The van der Waals surface area contributed by atoms with Gasteiger partial charge in [-0.2, -0.15) is 8.42 Å². The highest BCUT2D eigenvalue weighted by atomic mass is 32.2. The number of likely N-dealkylation sites (N-methyl/N-ethyl adjacent to an activating group) is 1. The quantitative estimate of drug-likeness (QED) is 0.406. The number of rotatable bonds is 6. The van der Waals surface area contributed by atoms with E-state index in [4.69, 9.17) is 10.3 Å². The van der Waals surface area contributed by atoms with Gasteiger partial charge in [-0.05, 0) is 68.7 Å². The molecule has 2 aromatic carbocycles. The van der Waals surface area contributed by atoms with E-state index in [2.05, 4.69) is 0 Å². The van der Waals surface area contributed by atoms with Crippen molar-refractivity contribution in [3.8, 4) is 0 Å². The summed E-state index contributed by atoms with van der Waals surface area (Å²) in [5, 5.41) is 0. The second-order valence-corrected chi connectivity index (χ2v) is 11.7. The minimum atomic E-state index is -4.02. The zero-order valence-electron chi connectivity index (χ0n) is 22.1. The van der Waals surface area contributed by atoms with Gasteiger partial charge in [-0.1, -0.05) is 17.7 Å². The van der Waals surface area contributed by atoms with Gasteiger partial charge in [-0.3, -0.25) is 14.1 Å². The number of amides is 2. The molecule has 0 spiro atoms. The van der Waals surface area contributed by atoms with Crippen molar-refractivity contribution in [2.24, 2.45) is 11.7 Å². The van der Waals surface area contributed by atoms with Crippen molar-refractivity contribution in [2.75, 3.05) is 13.6 Å². The lowest BCUT2D eigenvalue weighted by molar-refractivity contribution is -0.142. The van der Waals surface area contributed by atoms with Crippen LogP contribution in [0.25, 0.3) is 0 Å². The van der Waals surface area contributed by atoms with Crippen molar-refractivity contribution in [2.45, 2.75) is 69.0 Å². The standard InChI is InChI=1S/C20H26F3N3O2.C7H8O3S/c1-11(27)25(2)10-20(28)26-14-3-4-15(26)6-13(5-14)19(24)8-12-7-17(22)18(23)9-16(12)21;1-6-2-4-7(5-3-6)11(8,9)10/h7,9,13-15,19H,3-6,8,10,24H2,1-2H3;2-5H,1H3,(H,8,9,10)/t13?,14?,15?,19-;/m1./s1. The molecule has 2 aliphatic rings. The summed E-state index contributed by atoms with van der Waals surface area (Å²) in [6.07, 6.45) is 3.26. The highest BCUT2D eigenvalue weighted by Crippen LogP contribution is 2.40. The molecule has 2 aromatic rings. The van der Waals surface area contributed by atoms with Gasteiger partial charge in [-0.25, -0.2) is 13.2 Å². The normalized spacial score (nSPS) is 21.1. The molecule has 0 aliphatic carbocycles. The van der Waals surface area contributed by atoms with Crippen LogP contribution in [0.3, 0.4) is 0 Å². The molecule has 39 heavy (non-hydrogen) atoms. The summed E-state index contributed by atoms with van der Waals surface area (Å²) < 4.78 is 70.0. The number of nitrogens with two attached hydrogens (primary N) is 1. The Kier molecular flexibility index (Phi) is 9.78. The molecule has 12 heteroatoms. The van der Waals surface area contributed by atoms with Crippen molar-refractivity contribution in [1.82, 2.24) is 9.80 Å². The van der Waals surface area contributed by atoms with E-state index in [9.17, 15) is 31.2 Å². The number of carbonyl (C=O) groups excluding carboxylic acids is 2. The van der Waals surface area contributed by atoms with Crippen molar-refractivity contribution in [3.05, 3.63) is 65.0 Å². The van der Waals surface area contributed by atoms with Gasteiger partial charge in [-0.15, -0.1) is 0 Å². The summed E-state index contributed by atoms with van der Waals surface area (Å²) >= 11 is 0. The lowest BCUT2D eigenvalue weighted by Gasteiger charge is -2.41. The molecule has 2 bridgehead atoms. The van der Waals surface area contributed by atoms with Gasteiger partial charge in [0.25, 0.3) is 10.1 Å². The number of piperidine rings is 1. The molecule has 4 rings (SSSR count). The zero-order valence-corrected chi connectivity index (χ0v) is 22.9. The minimum Gasteiger partial charge on any atom is -0.337 e. The first-order valence-corrected chi connectivity index (χ1v) is 14.1. The molecule has 2 unspecified atom stereocenters. The Labute approximate surface area is 226 Å². The number of carbonyl (C=O) groups is 2. The van der Waals surface area contributed by atoms with Gasteiger partial charge in [0.05, 0.1) is 11.4 Å². The average Bonchev–Trinajstić information content (AvgIpc) is 3.11. The third-order valence-corrected chi connectivity index (χ3v) is 8.30. The van der Waals surface area contributed by atoms with E-state index in [1.54, 1.807) is 19.2 Å². The summed E-state index contributed by atoms with van der Waals surface area (Å²) in [6, 6.07) is 7.11. The molecule has 2 saturated heterocycles. The molecule has 2 fully saturated rings. The second kappa shape index (κ2) is 12.5. The first-order chi connectivity index (χ1) is 18.2. The van der Waals surface area contributed by atoms with Crippen molar-refractivity contribution >= 4 is 21.9 Å². The summed E-state index contributed by atoms with van der Waals surface area (Å²) in [5.74, 6) is -3.25. The van der Waals surface area contributed by atoms with Gasteiger partial charge in [0.2, 0.25) is 11.8 Å². The van der Waals surface area contributed by atoms with Gasteiger partial charge >= 0.3 is 0 Å². The molecule has 2 amide bonds. The maximum Gasteiger partial charge on any atom is 0.294 e. The topological polar surface area (TPSA) is 121 Å². The molecule has 8 nitrogen and oxygen atoms in total. The molecule has 3 N–H and O–H groups in total. The number of nitrogens with zero attached hydrogens (tertiary/aromatic N) is 2. The fourth-order valence-electron chi connectivity index (χ4n) is 5.22. The molecular weight excluding hydrogens is 535 g/mol. The van der Waals surface area contributed by atoms with E-state index < -0.39 is 33.6 Å². The number of fused-ring (bicyclic) bond motifs is 2. The number of hydrogen-bond donors (Lipinski definition) is 2. The molecule has 0 saturated carbocycles. The minimum absolute atomic E-state index is 0.0532. The number of aryl methyl sites for hydroxylation is 1. The van der Waals surface area contributed by atoms with Crippen LogP contribution in [0.2, 0.25) is 0 Å². The Morgan fingerprint density at radius 1 is 1.05 bits per heavy atom. The van der Waals surface area contributed by atoms with Crippen LogP contribution in [0.1, 0.15) is 43.7 Å². The third kappa shape index (κ3) is 7.80. The Hall–Kier alpha value is -2.96. The van der Waals surface area contributed by atoms with Crippen molar-refractivity contribution < 1.29 is 35.7 Å². The summed E-state index contributed by atoms with van der Waals surface area (Å²) in [5.41, 5.74) is 7.32. The average molecular weight is 570 g/mol. The Morgan fingerprint density at radius 3 is 2.10 bits per heavy atom. The summed E-state index contributed by atoms with van der Waals surface area (Å²) in [4.78, 5) is 27.2. The van der Waals surface area contributed by atoms with E-state index in [1.165, 1.54) is 24.0 Å². The highest BCUT2D eigenvalue weighted by Gasteiger charge is 2.44. The predicted octanol–water partition coefficient (Wildman–Crippen LogP) is 3.46. The maximum absolute atomic E-state index is 13.9. The SMILES string of the molecule is CC(=O)N(C)CC(=O)N1C2CCC1CC([C@H](N)Cc1cc(F)c(F)cc1F)C2.Cc1ccc(S(=O)(=O)O)cc1. The van der Waals surface area contributed by atoms with Gasteiger partial charge < -0.3 is 15.5 Å². The molecule has 214 valence electrons. The molecule has 3 atom stereocenters. The molecule has 0 aromatic heterocycles. The van der Waals surface area contributed by atoms with Crippen LogP contribution in [0.15, 0.2) is 41.3 Å². The Bertz CT molecular complexity index is 1290. The largest absolute Gasteiger partial charge is 0.337 e. The fraction of sp³-hybridized carbons (Fsp3) is 0.481. The fourth-order valence-corrected chi connectivity index (χ4v) is 5.70. The van der Waals surface area contributed by atoms with E-state index >= 15 is 0 Å². The first kappa shape index (κ1) is 30.6. The Balaban J connectivity index is 0.000000320. The second-order valence-electron chi connectivity index (χ2n) is 10.3.